The molecule has 0 saturated carbocycles. The van der Waals surface area contributed by atoms with Crippen molar-refractivity contribution < 1.29 is 27.1 Å². The topological polar surface area (TPSA) is 55.9 Å². The molecule has 0 fully saturated rings. The molecule has 1 aromatic carbocycles. The van der Waals surface area contributed by atoms with Crippen LogP contribution >= 0.6 is 0 Å². The van der Waals surface area contributed by atoms with Crippen molar-refractivity contribution in [1.29, 1.82) is 0 Å². The second-order valence-corrected chi connectivity index (χ2v) is 6.67. The third-order valence-corrected chi connectivity index (χ3v) is 4.45. The third kappa shape index (κ3) is 4.64. The number of nitrogens with zero attached hydrogens (tertiary/aromatic N) is 4. The lowest BCUT2D eigenvalue weighted by Crippen LogP contribution is -2.10. The largest absolute Gasteiger partial charge is 0.389 e. The fourth-order valence-corrected chi connectivity index (χ4v) is 3.11. The van der Waals surface area contributed by atoms with Crippen LogP contribution in [-0.4, -0.2) is 31.1 Å². The molecular weight excluding hydrogens is 395 g/mol. The van der Waals surface area contributed by atoms with Gasteiger partial charge in [-0.1, -0.05) is 0 Å². The Balaban J connectivity index is 2.06. The Kier molecular flexibility index (Phi) is 6.02. The Hall–Kier alpha value is -2.75. The smallest absolute Gasteiger partial charge is 0.282 e. The number of aliphatic hydroxyl groups excluding tert-OH is 1. The molecule has 1 N–H and O–H groups in total. The third-order valence-electron chi connectivity index (χ3n) is 4.45. The van der Waals surface area contributed by atoms with Gasteiger partial charge < -0.3 is 5.11 Å². The number of alkyl halides is 4. The van der Waals surface area contributed by atoms with Gasteiger partial charge >= 0.3 is 0 Å². The number of hydrogen-bond donors (Lipinski definition) is 1. The van der Waals surface area contributed by atoms with E-state index in [1.165, 1.54) is 34.5 Å². The molecule has 2 heterocycles. The van der Waals surface area contributed by atoms with E-state index in [0.29, 0.717) is 11.4 Å². The van der Waals surface area contributed by atoms with Gasteiger partial charge in [-0.3, -0.25) is 4.68 Å². The quantitative estimate of drug-likeness (QED) is 0.592. The Morgan fingerprint density at radius 3 is 2.38 bits per heavy atom. The van der Waals surface area contributed by atoms with Gasteiger partial charge in [0, 0.05) is 24.7 Å². The van der Waals surface area contributed by atoms with E-state index in [2.05, 4.69) is 10.2 Å². The lowest BCUT2D eigenvalue weighted by atomic mass is 10.1. The number of aryl methyl sites for hydroxylation is 1. The van der Waals surface area contributed by atoms with E-state index in [4.69, 9.17) is 0 Å². The van der Waals surface area contributed by atoms with Crippen molar-refractivity contribution in [2.24, 2.45) is 7.05 Å². The van der Waals surface area contributed by atoms with Crippen LogP contribution in [0.25, 0.3) is 5.69 Å². The highest BCUT2D eigenvalue weighted by Crippen LogP contribution is 2.28. The van der Waals surface area contributed by atoms with Crippen LogP contribution in [0.1, 0.15) is 47.8 Å². The maximum Gasteiger partial charge on any atom is 0.282 e. The molecule has 0 aliphatic rings. The van der Waals surface area contributed by atoms with Crippen LogP contribution in [0.2, 0.25) is 0 Å². The normalized spacial score (nSPS) is 12.9. The van der Waals surface area contributed by atoms with Crippen LogP contribution < -0.4 is 0 Å². The van der Waals surface area contributed by atoms with E-state index in [0.717, 1.165) is 12.1 Å². The Bertz CT molecular complexity index is 997. The van der Waals surface area contributed by atoms with Crippen LogP contribution in [0.15, 0.2) is 30.3 Å². The molecule has 5 nitrogen and oxygen atoms in total. The zero-order chi connectivity index (χ0) is 21.3. The van der Waals surface area contributed by atoms with Gasteiger partial charge in [-0.15, -0.1) is 0 Å². The molecule has 0 bridgehead atoms. The van der Waals surface area contributed by atoms with Crippen LogP contribution in [0.4, 0.5) is 22.0 Å². The lowest BCUT2D eigenvalue weighted by molar-refractivity contribution is 0.145. The molecule has 2 aromatic heterocycles. The zero-order valence-electron chi connectivity index (χ0n) is 15.7. The molecule has 0 saturated heterocycles. The molecule has 29 heavy (non-hydrogen) atoms. The highest BCUT2D eigenvalue weighted by Gasteiger charge is 2.21. The molecule has 156 valence electrons. The fourth-order valence-electron chi connectivity index (χ4n) is 3.11. The maximum absolute atomic E-state index is 13.6. The number of halogens is 5. The average Bonchev–Trinajstić information content (AvgIpc) is 3.18. The minimum absolute atomic E-state index is 0.0725. The summed E-state index contributed by atoms with van der Waals surface area (Å²) in [5.41, 5.74) is 0.959. The molecule has 1 atom stereocenters. The van der Waals surface area contributed by atoms with Crippen molar-refractivity contribution in [2.75, 3.05) is 0 Å². The standard InChI is InChI=1S/C19H19F5N4O/c1-10(29)15-5-11(20)3-4-17(15)28-14(9-16(26-28)19(23)24)8-13-6-12(7-18(21)22)25-27(13)2/h3-6,9-10,18-19,29H,7-8H2,1-2H3/t10-/m1/s1. The summed E-state index contributed by atoms with van der Waals surface area (Å²) in [6, 6.07) is 6.26. The highest BCUT2D eigenvalue weighted by molar-refractivity contribution is 5.44. The summed E-state index contributed by atoms with van der Waals surface area (Å²) in [6.45, 7) is 1.42. The summed E-state index contributed by atoms with van der Waals surface area (Å²) in [7, 11) is 1.57. The van der Waals surface area contributed by atoms with Gasteiger partial charge in [0.2, 0.25) is 6.43 Å². The number of aromatic nitrogens is 4. The Morgan fingerprint density at radius 1 is 1.03 bits per heavy atom. The van der Waals surface area contributed by atoms with Gasteiger partial charge in [-0.05, 0) is 37.3 Å². The minimum atomic E-state index is -2.84. The molecule has 10 heteroatoms. The number of hydrogen-bond acceptors (Lipinski definition) is 3. The predicted octanol–water partition coefficient (Wildman–Crippen LogP) is 4.13. The summed E-state index contributed by atoms with van der Waals surface area (Å²) >= 11 is 0. The first-order valence-electron chi connectivity index (χ1n) is 8.80. The number of benzene rings is 1. The zero-order valence-corrected chi connectivity index (χ0v) is 15.7. The first-order chi connectivity index (χ1) is 13.7. The van der Waals surface area contributed by atoms with Crippen LogP contribution in [0.5, 0.6) is 0 Å². The molecule has 3 aromatic rings. The molecule has 0 spiro atoms. The lowest BCUT2D eigenvalue weighted by Gasteiger charge is -2.15. The molecule has 0 aliphatic heterocycles. The molecule has 0 unspecified atom stereocenters. The average molecular weight is 414 g/mol. The number of aliphatic hydroxyl groups is 1. The first-order valence-corrected chi connectivity index (χ1v) is 8.80. The van der Waals surface area contributed by atoms with Crippen molar-refractivity contribution in [3.63, 3.8) is 0 Å². The van der Waals surface area contributed by atoms with Gasteiger partial charge in [0.05, 0.1) is 29.6 Å². The molecule has 3 rings (SSSR count). The van der Waals surface area contributed by atoms with E-state index in [-0.39, 0.29) is 23.4 Å². The van der Waals surface area contributed by atoms with Crippen molar-refractivity contribution in [1.82, 2.24) is 19.6 Å². The summed E-state index contributed by atoms with van der Waals surface area (Å²) in [6.07, 6.45) is -6.90. The van der Waals surface area contributed by atoms with E-state index >= 15 is 0 Å². The molecule has 0 aliphatic carbocycles. The van der Waals surface area contributed by atoms with Crippen LogP contribution in [0.3, 0.4) is 0 Å². The van der Waals surface area contributed by atoms with Crippen molar-refractivity contribution in [2.45, 2.75) is 38.7 Å². The van der Waals surface area contributed by atoms with Crippen molar-refractivity contribution in [3.05, 3.63) is 64.5 Å². The first kappa shape index (κ1) is 21.0. The van der Waals surface area contributed by atoms with Gasteiger partial charge in [0.25, 0.3) is 6.43 Å². The Morgan fingerprint density at radius 2 is 1.76 bits per heavy atom. The minimum Gasteiger partial charge on any atom is -0.389 e. The fraction of sp³-hybridized carbons (Fsp3) is 0.368. The van der Waals surface area contributed by atoms with Crippen molar-refractivity contribution >= 4 is 0 Å². The molecular formula is C19H19F5N4O. The van der Waals surface area contributed by atoms with Gasteiger partial charge in [-0.25, -0.2) is 26.6 Å². The summed E-state index contributed by atoms with van der Waals surface area (Å²) < 4.78 is 68.0. The summed E-state index contributed by atoms with van der Waals surface area (Å²) in [5.74, 6) is -0.587. The van der Waals surface area contributed by atoms with Crippen LogP contribution in [0, 0.1) is 5.82 Å². The highest BCUT2D eigenvalue weighted by atomic mass is 19.3. The predicted molar refractivity (Wildman–Crippen MR) is 94.8 cm³/mol. The van der Waals surface area contributed by atoms with Crippen LogP contribution in [-0.2, 0) is 19.9 Å². The van der Waals surface area contributed by atoms with E-state index in [1.807, 2.05) is 0 Å². The second kappa shape index (κ2) is 8.32. The molecule has 0 amide bonds. The molecule has 0 radical (unpaired) electrons. The van der Waals surface area contributed by atoms with E-state index < -0.39 is 36.9 Å². The SMILES string of the molecule is C[C@@H](O)c1cc(F)ccc1-n1nc(C(F)F)cc1Cc1cc(CC(F)F)nn1C. The van der Waals surface area contributed by atoms with Gasteiger partial charge in [-0.2, -0.15) is 10.2 Å². The Labute approximate surface area is 163 Å². The maximum atomic E-state index is 13.6. The van der Waals surface area contributed by atoms with Gasteiger partial charge in [0.1, 0.15) is 11.5 Å². The second-order valence-electron chi connectivity index (χ2n) is 6.67. The van der Waals surface area contributed by atoms with Crippen molar-refractivity contribution in [3.8, 4) is 5.69 Å². The van der Waals surface area contributed by atoms with E-state index in [1.54, 1.807) is 7.05 Å². The van der Waals surface area contributed by atoms with Gasteiger partial charge in [0.15, 0.2) is 0 Å². The van der Waals surface area contributed by atoms with E-state index in [9.17, 15) is 27.1 Å². The summed E-state index contributed by atoms with van der Waals surface area (Å²) in [5, 5.41) is 17.9. The summed E-state index contributed by atoms with van der Waals surface area (Å²) in [4.78, 5) is 0. The number of rotatable bonds is 7. The monoisotopic (exact) mass is 414 g/mol.